The fourth-order valence-corrected chi connectivity index (χ4v) is 3.29. The third kappa shape index (κ3) is 1.52. The highest BCUT2D eigenvalue weighted by molar-refractivity contribution is 4.95. The Kier molecular flexibility index (Phi) is 2.64. The number of hydrogen-bond acceptors (Lipinski definition) is 1. The average Bonchev–Trinajstić information content (AvgIpc) is 2.01. The first-order valence-electron chi connectivity index (χ1n) is 5.98. The van der Waals surface area contributed by atoms with Gasteiger partial charge in [-0.25, -0.2) is 0 Å². The lowest BCUT2D eigenvalue weighted by molar-refractivity contribution is 0.00801. The van der Waals surface area contributed by atoms with E-state index in [2.05, 4.69) is 19.2 Å². The lowest BCUT2D eigenvalue weighted by atomic mass is 9.57. The SMILES string of the molecule is CCC1CNCCC1(C)C1CCC1. The normalized spacial score (nSPS) is 41.5. The molecule has 0 aromatic carbocycles. The minimum atomic E-state index is 0.679. The first-order chi connectivity index (χ1) is 6.27. The van der Waals surface area contributed by atoms with E-state index in [4.69, 9.17) is 0 Å². The summed E-state index contributed by atoms with van der Waals surface area (Å²) in [5.74, 6) is 1.99. The van der Waals surface area contributed by atoms with E-state index in [9.17, 15) is 0 Å². The van der Waals surface area contributed by atoms with E-state index in [0.29, 0.717) is 5.41 Å². The number of piperidine rings is 1. The molecule has 2 rings (SSSR count). The molecule has 1 heteroatoms. The molecule has 0 aromatic rings. The van der Waals surface area contributed by atoms with Gasteiger partial charge in [0.05, 0.1) is 0 Å². The van der Waals surface area contributed by atoms with E-state index in [1.54, 1.807) is 0 Å². The molecule has 1 aliphatic carbocycles. The van der Waals surface area contributed by atoms with E-state index in [-0.39, 0.29) is 0 Å². The van der Waals surface area contributed by atoms with E-state index < -0.39 is 0 Å². The first-order valence-corrected chi connectivity index (χ1v) is 5.98. The second-order valence-electron chi connectivity index (χ2n) is 5.19. The van der Waals surface area contributed by atoms with Gasteiger partial charge in [-0.3, -0.25) is 0 Å². The van der Waals surface area contributed by atoms with Gasteiger partial charge >= 0.3 is 0 Å². The summed E-state index contributed by atoms with van der Waals surface area (Å²) in [5.41, 5.74) is 0.679. The maximum atomic E-state index is 3.54. The van der Waals surface area contributed by atoms with Crippen molar-refractivity contribution in [3.05, 3.63) is 0 Å². The Hall–Kier alpha value is -0.0400. The summed E-state index contributed by atoms with van der Waals surface area (Å²) < 4.78 is 0. The van der Waals surface area contributed by atoms with Gasteiger partial charge in [-0.05, 0) is 49.6 Å². The molecule has 13 heavy (non-hydrogen) atoms. The Balaban J connectivity index is 2.06. The lowest BCUT2D eigenvalue weighted by Crippen LogP contribution is -2.49. The van der Waals surface area contributed by atoms with Crippen LogP contribution < -0.4 is 5.32 Å². The number of rotatable bonds is 2. The molecular weight excluding hydrogens is 158 g/mol. The van der Waals surface area contributed by atoms with Crippen LogP contribution in [-0.4, -0.2) is 13.1 Å². The summed E-state index contributed by atoms with van der Waals surface area (Å²) in [7, 11) is 0. The van der Waals surface area contributed by atoms with Crippen LogP contribution in [0.25, 0.3) is 0 Å². The minimum Gasteiger partial charge on any atom is -0.316 e. The maximum absolute atomic E-state index is 3.54. The highest BCUT2D eigenvalue weighted by atomic mass is 14.9. The van der Waals surface area contributed by atoms with Crippen molar-refractivity contribution >= 4 is 0 Å². The summed E-state index contributed by atoms with van der Waals surface area (Å²) in [4.78, 5) is 0. The standard InChI is InChI=1S/C12H23N/c1-3-10-9-13-8-7-12(10,2)11-5-4-6-11/h10-11,13H,3-9H2,1-2H3. The summed E-state index contributed by atoms with van der Waals surface area (Å²) in [6.45, 7) is 7.42. The Morgan fingerprint density at radius 3 is 2.69 bits per heavy atom. The Labute approximate surface area is 82.3 Å². The van der Waals surface area contributed by atoms with Crippen molar-refractivity contribution in [1.82, 2.24) is 5.32 Å². The zero-order valence-corrected chi connectivity index (χ0v) is 9.10. The van der Waals surface area contributed by atoms with Crippen LogP contribution in [0.5, 0.6) is 0 Å². The van der Waals surface area contributed by atoms with Gasteiger partial charge in [0, 0.05) is 0 Å². The second kappa shape index (κ2) is 3.61. The largest absolute Gasteiger partial charge is 0.316 e. The fourth-order valence-electron chi connectivity index (χ4n) is 3.29. The summed E-state index contributed by atoms with van der Waals surface area (Å²) in [6.07, 6.45) is 7.28. The molecule has 2 fully saturated rings. The highest BCUT2D eigenvalue weighted by Crippen LogP contribution is 2.50. The molecule has 2 atom stereocenters. The Bertz CT molecular complexity index is 174. The molecule has 0 aromatic heterocycles. The number of hydrogen-bond donors (Lipinski definition) is 1. The molecule has 1 saturated carbocycles. The fraction of sp³-hybridized carbons (Fsp3) is 1.00. The molecule has 1 saturated heterocycles. The zero-order valence-electron chi connectivity index (χ0n) is 9.10. The molecule has 0 amide bonds. The highest BCUT2D eigenvalue weighted by Gasteiger charge is 2.43. The molecule has 1 heterocycles. The monoisotopic (exact) mass is 181 g/mol. The van der Waals surface area contributed by atoms with Crippen molar-refractivity contribution in [2.45, 2.75) is 46.0 Å². The van der Waals surface area contributed by atoms with Crippen LogP contribution in [-0.2, 0) is 0 Å². The average molecular weight is 181 g/mol. The predicted molar refractivity (Wildman–Crippen MR) is 56.7 cm³/mol. The molecule has 76 valence electrons. The minimum absolute atomic E-state index is 0.679. The molecule has 2 unspecified atom stereocenters. The van der Waals surface area contributed by atoms with E-state index in [1.165, 1.54) is 45.2 Å². The van der Waals surface area contributed by atoms with Gasteiger partial charge in [0.15, 0.2) is 0 Å². The van der Waals surface area contributed by atoms with Gasteiger partial charge in [-0.1, -0.05) is 26.7 Å². The van der Waals surface area contributed by atoms with Crippen molar-refractivity contribution in [2.75, 3.05) is 13.1 Å². The van der Waals surface area contributed by atoms with E-state index in [0.717, 1.165) is 11.8 Å². The van der Waals surface area contributed by atoms with Gasteiger partial charge in [-0.15, -0.1) is 0 Å². The molecule has 0 radical (unpaired) electrons. The van der Waals surface area contributed by atoms with Crippen molar-refractivity contribution in [3.63, 3.8) is 0 Å². The molecule has 1 N–H and O–H groups in total. The van der Waals surface area contributed by atoms with Gasteiger partial charge in [0.1, 0.15) is 0 Å². The molecule has 1 nitrogen and oxygen atoms in total. The predicted octanol–water partition coefficient (Wildman–Crippen LogP) is 2.81. The van der Waals surface area contributed by atoms with Gasteiger partial charge in [0.2, 0.25) is 0 Å². The third-order valence-electron chi connectivity index (χ3n) is 4.69. The lowest BCUT2D eigenvalue weighted by Gasteiger charge is -2.50. The van der Waals surface area contributed by atoms with Crippen LogP contribution in [0.1, 0.15) is 46.0 Å². The number of nitrogens with one attached hydrogen (secondary N) is 1. The maximum Gasteiger partial charge on any atom is -0.00153 e. The van der Waals surface area contributed by atoms with Crippen molar-refractivity contribution in [2.24, 2.45) is 17.3 Å². The molecule has 2 aliphatic rings. The topological polar surface area (TPSA) is 12.0 Å². The zero-order chi connectivity index (χ0) is 9.31. The van der Waals surface area contributed by atoms with Gasteiger partial charge in [0.25, 0.3) is 0 Å². The molecule has 1 aliphatic heterocycles. The smallest absolute Gasteiger partial charge is 0.00153 e. The van der Waals surface area contributed by atoms with Crippen LogP contribution >= 0.6 is 0 Å². The van der Waals surface area contributed by atoms with Gasteiger partial charge in [-0.2, -0.15) is 0 Å². The quantitative estimate of drug-likeness (QED) is 0.690. The van der Waals surface area contributed by atoms with E-state index in [1.807, 2.05) is 0 Å². The van der Waals surface area contributed by atoms with Crippen LogP contribution in [0.2, 0.25) is 0 Å². The third-order valence-corrected chi connectivity index (χ3v) is 4.69. The molecule has 0 spiro atoms. The summed E-state index contributed by atoms with van der Waals surface area (Å²) in [6, 6.07) is 0. The summed E-state index contributed by atoms with van der Waals surface area (Å²) in [5, 5.41) is 3.54. The van der Waals surface area contributed by atoms with E-state index >= 15 is 0 Å². The molecule has 0 bridgehead atoms. The summed E-state index contributed by atoms with van der Waals surface area (Å²) >= 11 is 0. The van der Waals surface area contributed by atoms with Crippen LogP contribution in [0, 0.1) is 17.3 Å². The van der Waals surface area contributed by atoms with Crippen LogP contribution in [0.15, 0.2) is 0 Å². The second-order valence-corrected chi connectivity index (χ2v) is 5.19. The van der Waals surface area contributed by atoms with Crippen molar-refractivity contribution < 1.29 is 0 Å². The first kappa shape index (κ1) is 9.51. The Morgan fingerprint density at radius 1 is 1.38 bits per heavy atom. The Morgan fingerprint density at radius 2 is 2.15 bits per heavy atom. The molecular formula is C12H23N. The van der Waals surface area contributed by atoms with Crippen molar-refractivity contribution in [1.29, 1.82) is 0 Å². The van der Waals surface area contributed by atoms with Crippen molar-refractivity contribution in [3.8, 4) is 0 Å². The van der Waals surface area contributed by atoms with Gasteiger partial charge < -0.3 is 5.32 Å². The van der Waals surface area contributed by atoms with Crippen LogP contribution in [0.3, 0.4) is 0 Å². The van der Waals surface area contributed by atoms with Crippen LogP contribution in [0.4, 0.5) is 0 Å².